The van der Waals surface area contributed by atoms with Gasteiger partial charge in [0, 0.05) is 16.8 Å². The van der Waals surface area contributed by atoms with Crippen molar-refractivity contribution in [3.05, 3.63) is 36.4 Å². The van der Waals surface area contributed by atoms with Gasteiger partial charge in [0.2, 0.25) is 10.0 Å². The third-order valence-electron chi connectivity index (χ3n) is 7.88. The smallest absolute Gasteiger partial charge is 0.241 e. The van der Waals surface area contributed by atoms with E-state index in [1.807, 2.05) is 24.3 Å². The van der Waals surface area contributed by atoms with Crippen molar-refractivity contribution in [2.45, 2.75) is 62.8 Å². The van der Waals surface area contributed by atoms with Crippen LogP contribution in [0.4, 0.5) is 0 Å². The summed E-state index contributed by atoms with van der Waals surface area (Å²) in [5.41, 5.74) is 0.152. The molecule has 156 valence electrons. The number of benzene rings is 2. The van der Waals surface area contributed by atoms with Gasteiger partial charge < -0.3 is 4.74 Å². The fourth-order valence-corrected chi connectivity index (χ4v) is 8.79. The van der Waals surface area contributed by atoms with Gasteiger partial charge in [0.25, 0.3) is 0 Å². The molecule has 1 N–H and O–H groups in total. The summed E-state index contributed by atoms with van der Waals surface area (Å²) in [6.07, 6.45) is 8.54. The fourth-order valence-electron chi connectivity index (χ4n) is 7.15. The summed E-state index contributed by atoms with van der Waals surface area (Å²) in [5.74, 6) is 3.12. The lowest BCUT2D eigenvalue weighted by atomic mass is 9.47. The number of fused-ring (bicyclic) bond motifs is 1. The second-order valence-corrected chi connectivity index (χ2v) is 11.4. The zero-order chi connectivity index (χ0) is 20.2. The van der Waals surface area contributed by atoms with Crippen molar-refractivity contribution >= 4 is 20.8 Å². The quantitative estimate of drug-likeness (QED) is 0.715. The highest BCUT2D eigenvalue weighted by molar-refractivity contribution is 7.89. The first-order valence-electron chi connectivity index (χ1n) is 11.0. The Bertz CT molecular complexity index is 994. The molecule has 29 heavy (non-hydrogen) atoms. The van der Waals surface area contributed by atoms with Crippen LogP contribution in [0.1, 0.15) is 51.9 Å². The molecule has 5 heteroatoms. The highest BCUT2D eigenvalue weighted by Crippen LogP contribution is 2.61. The normalized spacial score (nSPS) is 31.9. The number of hydrogen-bond acceptors (Lipinski definition) is 3. The minimum atomic E-state index is -3.62. The van der Waals surface area contributed by atoms with Gasteiger partial charge in [-0.1, -0.05) is 31.2 Å². The number of nitrogens with one attached hydrogen (secondary N) is 1. The van der Waals surface area contributed by atoms with Crippen molar-refractivity contribution in [1.82, 2.24) is 4.72 Å². The Morgan fingerprint density at radius 2 is 1.59 bits per heavy atom. The summed E-state index contributed by atoms with van der Waals surface area (Å²) in [5, 5.41) is 1.56. The van der Waals surface area contributed by atoms with E-state index in [9.17, 15) is 8.42 Å². The van der Waals surface area contributed by atoms with Gasteiger partial charge in [-0.3, -0.25) is 0 Å². The maximum atomic E-state index is 13.6. The Hall–Kier alpha value is -1.59. The molecule has 4 aliphatic rings. The van der Waals surface area contributed by atoms with Crippen LogP contribution in [0.25, 0.3) is 10.8 Å². The molecule has 4 saturated carbocycles. The van der Waals surface area contributed by atoms with Crippen LogP contribution in [-0.4, -0.2) is 21.6 Å². The third-order valence-corrected chi connectivity index (χ3v) is 9.41. The molecular formula is C24H31NO3S. The monoisotopic (exact) mass is 413 g/mol. The maximum absolute atomic E-state index is 13.6. The minimum absolute atomic E-state index is 0.0155. The highest BCUT2D eigenvalue weighted by atomic mass is 32.2. The number of sulfonamides is 1. The van der Waals surface area contributed by atoms with Crippen LogP contribution in [0.3, 0.4) is 0 Å². The lowest BCUT2D eigenvalue weighted by molar-refractivity contribution is -0.0704. The predicted molar refractivity (Wildman–Crippen MR) is 116 cm³/mol. The molecule has 0 amide bonds. The molecule has 0 heterocycles. The Morgan fingerprint density at radius 3 is 2.14 bits per heavy atom. The Kier molecular flexibility index (Phi) is 4.67. The van der Waals surface area contributed by atoms with Gasteiger partial charge >= 0.3 is 0 Å². The van der Waals surface area contributed by atoms with Crippen molar-refractivity contribution in [3.63, 3.8) is 0 Å². The molecule has 2 aromatic rings. The highest BCUT2D eigenvalue weighted by Gasteiger charge is 2.54. The first-order valence-corrected chi connectivity index (χ1v) is 12.5. The zero-order valence-corrected chi connectivity index (χ0v) is 18.2. The van der Waals surface area contributed by atoms with Crippen molar-refractivity contribution in [2.24, 2.45) is 23.2 Å². The van der Waals surface area contributed by atoms with Crippen LogP contribution in [0.2, 0.25) is 0 Å². The molecule has 4 fully saturated rings. The minimum Gasteiger partial charge on any atom is -0.496 e. The Balaban J connectivity index is 1.50. The summed E-state index contributed by atoms with van der Waals surface area (Å²) in [4.78, 5) is 0.358. The van der Waals surface area contributed by atoms with E-state index < -0.39 is 10.0 Å². The molecule has 6 rings (SSSR count). The van der Waals surface area contributed by atoms with E-state index >= 15 is 0 Å². The Labute approximate surface area is 174 Å². The zero-order valence-electron chi connectivity index (χ0n) is 17.4. The maximum Gasteiger partial charge on any atom is 0.241 e. The topological polar surface area (TPSA) is 55.4 Å². The molecule has 4 aliphatic carbocycles. The summed E-state index contributed by atoms with van der Waals surface area (Å²) in [6.45, 7) is 2.14. The lowest BCUT2D eigenvalue weighted by Crippen LogP contribution is -2.56. The van der Waals surface area contributed by atoms with Gasteiger partial charge in [0.05, 0.1) is 12.0 Å². The molecule has 0 radical (unpaired) electrons. The molecule has 0 spiro atoms. The van der Waals surface area contributed by atoms with Crippen molar-refractivity contribution in [1.29, 1.82) is 0 Å². The van der Waals surface area contributed by atoms with Crippen LogP contribution in [-0.2, 0) is 10.0 Å². The third kappa shape index (κ3) is 3.17. The lowest BCUT2D eigenvalue weighted by Gasteiger charge is -2.59. The second-order valence-electron chi connectivity index (χ2n) is 9.67. The SMILES string of the molecule is CC[C@@H](NS(=O)(=O)c1ccc(OC)c2ccccc12)C12CC3CC(CC(C3)C1)C2. The summed E-state index contributed by atoms with van der Waals surface area (Å²) in [6, 6.07) is 11.1. The van der Waals surface area contributed by atoms with Crippen molar-refractivity contribution in [2.75, 3.05) is 7.11 Å². The van der Waals surface area contributed by atoms with Crippen LogP contribution >= 0.6 is 0 Å². The molecule has 0 aliphatic heterocycles. The van der Waals surface area contributed by atoms with Gasteiger partial charge in [-0.05, 0) is 80.2 Å². The van der Waals surface area contributed by atoms with Gasteiger partial charge in [-0.2, -0.15) is 0 Å². The van der Waals surface area contributed by atoms with Crippen molar-refractivity contribution in [3.8, 4) is 5.75 Å². The molecule has 0 saturated heterocycles. The summed E-state index contributed by atoms with van der Waals surface area (Å²) < 4.78 is 35.7. The summed E-state index contributed by atoms with van der Waals surface area (Å²) >= 11 is 0. The molecule has 4 nitrogen and oxygen atoms in total. The first kappa shape index (κ1) is 19.4. The average molecular weight is 414 g/mol. The van der Waals surface area contributed by atoms with Gasteiger partial charge in [0.15, 0.2) is 0 Å². The van der Waals surface area contributed by atoms with Crippen LogP contribution < -0.4 is 9.46 Å². The van der Waals surface area contributed by atoms with E-state index in [4.69, 9.17) is 4.74 Å². The average Bonchev–Trinajstić information content (AvgIpc) is 2.70. The standard InChI is InChI=1S/C24H31NO3S/c1-3-23(24-13-16-10-17(14-24)12-18(11-16)15-24)25-29(26,27)22-9-8-21(28-2)19-6-4-5-7-20(19)22/h4-9,16-18,23,25H,3,10-15H2,1-2H3/t16?,17?,18?,23-,24?/m1/s1. The number of rotatable bonds is 6. The second kappa shape index (κ2) is 6.98. The molecule has 0 unspecified atom stereocenters. The van der Waals surface area contributed by atoms with E-state index in [2.05, 4.69) is 11.6 Å². The van der Waals surface area contributed by atoms with E-state index in [1.165, 1.54) is 38.5 Å². The van der Waals surface area contributed by atoms with Crippen LogP contribution in [0, 0.1) is 23.2 Å². The molecule has 1 atom stereocenters. The van der Waals surface area contributed by atoms with Crippen LogP contribution in [0.5, 0.6) is 5.75 Å². The van der Waals surface area contributed by atoms with Gasteiger partial charge in [-0.25, -0.2) is 13.1 Å². The number of ether oxygens (including phenoxy) is 1. The van der Waals surface area contributed by atoms with E-state index in [0.717, 1.165) is 34.9 Å². The Morgan fingerprint density at radius 1 is 1.00 bits per heavy atom. The molecular weight excluding hydrogens is 382 g/mol. The van der Waals surface area contributed by atoms with Gasteiger partial charge in [0.1, 0.15) is 5.75 Å². The number of hydrogen-bond donors (Lipinski definition) is 1. The largest absolute Gasteiger partial charge is 0.496 e. The van der Waals surface area contributed by atoms with E-state index in [1.54, 1.807) is 19.2 Å². The molecule has 0 aromatic heterocycles. The van der Waals surface area contributed by atoms with E-state index in [0.29, 0.717) is 10.6 Å². The predicted octanol–water partition coefficient (Wildman–Crippen LogP) is 5.12. The number of methoxy groups -OCH3 is 1. The van der Waals surface area contributed by atoms with Crippen molar-refractivity contribution < 1.29 is 13.2 Å². The van der Waals surface area contributed by atoms with E-state index in [-0.39, 0.29) is 11.5 Å². The molecule has 4 bridgehead atoms. The fraction of sp³-hybridized carbons (Fsp3) is 0.583. The molecule has 2 aromatic carbocycles. The van der Waals surface area contributed by atoms with Crippen LogP contribution in [0.15, 0.2) is 41.3 Å². The summed E-state index contributed by atoms with van der Waals surface area (Å²) in [7, 11) is -2.00. The first-order chi connectivity index (χ1) is 13.9. The van der Waals surface area contributed by atoms with Gasteiger partial charge in [-0.15, -0.1) is 0 Å².